The molecule has 1 heterocycles. The molecule has 2 aromatic rings. The first-order valence-electron chi connectivity index (χ1n) is 7.17. The minimum atomic E-state index is -0.790. The third-order valence-corrected chi connectivity index (χ3v) is 3.52. The van der Waals surface area contributed by atoms with Crippen molar-refractivity contribution < 1.29 is 19.1 Å². The molecule has 2 aromatic carbocycles. The van der Waals surface area contributed by atoms with Gasteiger partial charge < -0.3 is 20.5 Å². The molecule has 0 radical (unpaired) electrons. The second-order valence-corrected chi connectivity index (χ2v) is 5.24. The summed E-state index contributed by atoms with van der Waals surface area (Å²) in [6, 6.07) is 13.6. The van der Waals surface area contributed by atoms with E-state index in [1.165, 1.54) is 6.07 Å². The highest BCUT2D eigenvalue weighted by Gasteiger charge is 2.34. The molecule has 0 saturated heterocycles. The van der Waals surface area contributed by atoms with E-state index in [2.05, 4.69) is 5.32 Å². The number of nitrogens with one attached hydrogen (secondary N) is 1. The number of hydrogen-bond acceptors (Lipinski definition) is 4. The van der Waals surface area contributed by atoms with Crippen LogP contribution in [0, 0.1) is 0 Å². The molecule has 0 aromatic heterocycles. The van der Waals surface area contributed by atoms with Crippen molar-refractivity contribution in [3.63, 3.8) is 0 Å². The van der Waals surface area contributed by atoms with Gasteiger partial charge in [-0.2, -0.15) is 0 Å². The average molecular weight is 312 g/mol. The van der Waals surface area contributed by atoms with Gasteiger partial charge in [0, 0.05) is 11.3 Å². The number of anilines is 1. The monoisotopic (exact) mass is 312 g/mol. The molecule has 6 nitrogen and oxygen atoms in total. The number of fused-ring (bicyclic) bond motifs is 1. The largest absolute Gasteiger partial charge is 0.482 e. The lowest BCUT2D eigenvalue weighted by Gasteiger charge is -2.31. The summed E-state index contributed by atoms with van der Waals surface area (Å²) in [6.45, 7) is 1.76. The summed E-state index contributed by atoms with van der Waals surface area (Å²) in [5.41, 5.74) is 6.03. The van der Waals surface area contributed by atoms with E-state index in [1.54, 1.807) is 37.3 Å². The predicted octanol–water partition coefficient (Wildman–Crippen LogP) is 1.95. The SMILES string of the molecule is C[C@H]1Oc2ccccc2O[C@@H]1C(=O)Nc1cccc(C(N)=O)c1. The molecular formula is C17H16N2O4. The maximum atomic E-state index is 12.4. The van der Waals surface area contributed by atoms with Gasteiger partial charge >= 0.3 is 0 Å². The van der Waals surface area contributed by atoms with Gasteiger partial charge in [0.1, 0.15) is 6.10 Å². The van der Waals surface area contributed by atoms with Crippen molar-refractivity contribution in [1.82, 2.24) is 0 Å². The molecule has 0 aliphatic carbocycles. The second kappa shape index (κ2) is 6.00. The third kappa shape index (κ3) is 3.11. The molecule has 118 valence electrons. The molecule has 0 fully saturated rings. The van der Waals surface area contributed by atoms with Crippen molar-refractivity contribution in [3.8, 4) is 11.5 Å². The van der Waals surface area contributed by atoms with Crippen LogP contribution in [0.25, 0.3) is 0 Å². The van der Waals surface area contributed by atoms with Gasteiger partial charge in [-0.3, -0.25) is 9.59 Å². The summed E-state index contributed by atoms with van der Waals surface area (Å²) < 4.78 is 11.4. The minimum absolute atomic E-state index is 0.321. The van der Waals surface area contributed by atoms with E-state index in [9.17, 15) is 9.59 Å². The summed E-state index contributed by atoms with van der Waals surface area (Å²) in [5, 5.41) is 2.72. The molecule has 0 unspecified atom stereocenters. The molecule has 2 amide bonds. The third-order valence-electron chi connectivity index (χ3n) is 3.52. The highest BCUT2D eigenvalue weighted by atomic mass is 16.6. The van der Waals surface area contributed by atoms with E-state index < -0.39 is 18.1 Å². The van der Waals surface area contributed by atoms with Crippen LogP contribution in [-0.4, -0.2) is 24.0 Å². The summed E-state index contributed by atoms with van der Waals surface area (Å²) in [4.78, 5) is 23.6. The van der Waals surface area contributed by atoms with Crippen molar-refractivity contribution in [2.45, 2.75) is 19.1 Å². The first-order chi connectivity index (χ1) is 11.0. The zero-order chi connectivity index (χ0) is 16.4. The lowest BCUT2D eigenvalue weighted by Crippen LogP contribution is -2.46. The summed E-state index contributed by atoms with van der Waals surface area (Å²) >= 11 is 0. The number of carbonyl (C=O) groups excluding carboxylic acids is 2. The normalized spacial score (nSPS) is 19.0. The van der Waals surface area contributed by atoms with Gasteiger partial charge in [-0.1, -0.05) is 18.2 Å². The van der Waals surface area contributed by atoms with Gasteiger partial charge in [-0.15, -0.1) is 0 Å². The Hall–Kier alpha value is -3.02. The Morgan fingerprint density at radius 1 is 1.04 bits per heavy atom. The van der Waals surface area contributed by atoms with Crippen LogP contribution in [-0.2, 0) is 4.79 Å². The molecule has 6 heteroatoms. The number of ether oxygens (including phenoxy) is 2. The van der Waals surface area contributed by atoms with E-state index >= 15 is 0 Å². The first-order valence-corrected chi connectivity index (χ1v) is 7.17. The van der Waals surface area contributed by atoms with Crippen LogP contribution in [0.1, 0.15) is 17.3 Å². The van der Waals surface area contributed by atoms with Gasteiger partial charge in [0.25, 0.3) is 5.91 Å². The van der Waals surface area contributed by atoms with Gasteiger partial charge in [0.05, 0.1) is 0 Å². The zero-order valence-corrected chi connectivity index (χ0v) is 12.5. The van der Waals surface area contributed by atoms with Gasteiger partial charge in [0.2, 0.25) is 12.0 Å². The van der Waals surface area contributed by atoms with Gasteiger partial charge in [0.15, 0.2) is 11.5 Å². The molecule has 0 spiro atoms. The van der Waals surface area contributed by atoms with Crippen molar-refractivity contribution in [2.75, 3.05) is 5.32 Å². The maximum Gasteiger partial charge on any atom is 0.269 e. The molecule has 1 aliphatic heterocycles. The maximum absolute atomic E-state index is 12.4. The van der Waals surface area contributed by atoms with E-state index in [-0.39, 0.29) is 5.91 Å². The van der Waals surface area contributed by atoms with Crippen molar-refractivity contribution >= 4 is 17.5 Å². The van der Waals surface area contributed by atoms with E-state index in [0.29, 0.717) is 22.7 Å². The molecular weight excluding hydrogens is 296 g/mol. The average Bonchev–Trinajstić information content (AvgIpc) is 2.54. The van der Waals surface area contributed by atoms with Crippen LogP contribution in [0.5, 0.6) is 11.5 Å². The molecule has 3 rings (SSSR count). The van der Waals surface area contributed by atoms with Crippen LogP contribution in [0.15, 0.2) is 48.5 Å². The standard InChI is InChI=1S/C17H16N2O4/c1-10-15(23-14-8-3-2-7-13(14)22-10)17(21)19-12-6-4-5-11(9-12)16(18)20/h2-10,15H,1H3,(H2,18,20)(H,19,21)/t10-,15+/m1/s1. The Balaban J connectivity index is 1.76. The molecule has 2 atom stereocenters. The van der Waals surface area contributed by atoms with Crippen LogP contribution in [0.2, 0.25) is 0 Å². The number of primary amides is 1. The number of hydrogen-bond donors (Lipinski definition) is 2. The Labute approximate surface area is 133 Å². The highest BCUT2D eigenvalue weighted by molar-refractivity contribution is 5.98. The fraction of sp³-hybridized carbons (Fsp3) is 0.176. The van der Waals surface area contributed by atoms with Crippen LogP contribution >= 0.6 is 0 Å². The first kappa shape index (κ1) is 14.9. The van der Waals surface area contributed by atoms with Gasteiger partial charge in [-0.25, -0.2) is 0 Å². The molecule has 0 bridgehead atoms. The zero-order valence-electron chi connectivity index (χ0n) is 12.5. The smallest absolute Gasteiger partial charge is 0.269 e. The van der Waals surface area contributed by atoms with E-state index in [1.807, 2.05) is 12.1 Å². The molecule has 1 aliphatic rings. The summed E-state index contributed by atoms with van der Waals surface area (Å²) in [6.07, 6.45) is -1.23. The number of nitrogens with two attached hydrogens (primary N) is 1. The number of amides is 2. The Kier molecular flexibility index (Phi) is 3.89. The van der Waals surface area contributed by atoms with Crippen LogP contribution in [0.4, 0.5) is 5.69 Å². The predicted molar refractivity (Wildman–Crippen MR) is 84.5 cm³/mol. The van der Waals surface area contributed by atoms with Crippen LogP contribution in [0.3, 0.4) is 0 Å². The number of para-hydroxylation sites is 2. The van der Waals surface area contributed by atoms with Crippen molar-refractivity contribution in [2.24, 2.45) is 5.73 Å². The summed E-state index contributed by atoms with van der Waals surface area (Å²) in [5.74, 6) is 0.227. The Morgan fingerprint density at radius 2 is 1.74 bits per heavy atom. The molecule has 0 saturated carbocycles. The fourth-order valence-corrected chi connectivity index (χ4v) is 2.37. The lowest BCUT2D eigenvalue weighted by atomic mass is 10.1. The Morgan fingerprint density at radius 3 is 2.43 bits per heavy atom. The van der Waals surface area contributed by atoms with Gasteiger partial charge in [-0.05, 0) is 37.3 Å². The number of rotatable bonds is 3. The minimum Gasteiger partial charge on any atom is -0.482 e. The van der Waals surface area contributed by atoms with Crippen LogP contribution < -0.4 is 20.5 Å². The number of benzene rings is 2. The Bertz CT molecular complexity index is 760. The van der Waals surface area contributed by atoms with E-state index in [4.69, 9.17) is 15.2 Å². The van der Waals surface area contributed by atoms with Crippen molar-refractivity contribution in [1.29, 1.82) is 0 Å². The quantitative estimate of drug-likeness (QED) is 0.906. The highest BCUT2D eigenvalue weighted by Crippen LogP contribution is 2.33. The number of carbonyl (C=O) groups is 2. The summed E-state index contributed by atoms with van der Waals surface area (Å²) in [7, 11) is 0. The fourth-order valence-electron chi connectivity index (χ4n) is 2.37. The van der Waals surface area contributed by atoms with Crippen molar-refractivity contribution in [3.05, 3.63) is 54.1 Å². The topological polar surface area (TPSA) is 90.7 Å². The lowest BCUT2D eigenvalue weighted by molar-refractivity contribution is -0.128. The molecule has 23 heavy (non-hydrogen) atoms. The van der Waals surface area contributed by atoms with E-state index in [0.717, 1.165) is 0 Å². The second-order valence-electron chi connectivity index (χ2n) is 5.24. The molecule has 3 N–H and O–H groups in total.